The maximum atomic E-state index is 12.5. The maximum Gasteiger partial charge on any atom is 0.244 e. The first-order chi connectivity index (χ1) is 9.46. The van der Waals surface area contributed by atoms with Crippen LogP contribution in [0.15, 0.2) is 4.90 Å². The predicted octanol–water partition coefficient (Wildman–Crippen LogP) is 1.25. The average Bonchev–Trinajstić information content (AvgIpc) is 2.77. The zero-order chi connectivity index (χ0) is 15.2. The van der Waals surface area contributed by atoms with Crippen molar-refractivity contribution in [3.8, 4) is 0 Å². The lowest BCUT2D eigenvalue weighted by molar-refractivity contribution is 0.555. The standard InChI is InChI=1S/C12H24N4O2S2/c1-5-10(8-19-4)16-20(17,18)12-9(3)14-15-11(12)7-13-6-2/h10,13,16H,5-8H2,1-4H3,(H,14,15). The van der Waals surface area contributed by atoms with Gasteiger partial charge in [0.1, 0.15) is 4.90 Å². The second-order valence-corrected chi connectivity index (χ2v) is 7.15. The summed E-state index contributed by atoms with van der Waals surface area (Å²) in [6.07, 6.45) is 2.73. The molecule has 0 aliphatic rings. The minimum absolute atomic E-state index is 0.0590. The van der Waals surface area contributed by atoms with Crippen LogP contribution >= 0.6 is 11.8 Å². The van der Waals surface area contributed by atoms with Gasteiger partial charge in [-0.3, -0.25) is 5.10 Å². The van der Waals surface area contributed by atoms with Gasteiger partial charge < -0.3 is 5.32 Å². The number of rotatable bonds is 9. The van der Waals surface area contributed by atoms with Crippen LogP contribution in [0.1, 0.15) is 31.7 Å². The van der Waals surface area contributed by atoms with Gasteiger partial charge in [-0.2, -0.15) is 16.9 Å². The molecule has 0 saturated carbocycles. The van der Waals surface area contributed by atoms with Crippen LogP contribution in [-0.4, -0.2) is 43.2 Å². The van der Waals surface area contributed by atoms with Crippen molar-refractivity contribution in [1.29, 1.82) is 0 Å². The van der Waals surface area contributed by atoms with Crippen LogP contribution in [0.3, 0.4) is 0 Å². The molecule has 1 rings (SSSR count). The Labute approximate surface area is 125 Å². The number of aromatic nitrogens is 2. The van der Waals surface area contributed by atoms with Crippen molar-refractivity contribution < 1.29 is 8.42 Å². The number of nitrogens with zero attached hydrogens (tertiary/aromatic N) is 1. The van der Waals surface area contributed by atoms with E-state index in [4.69, 9.17) is 0 Å². The zero-order valence-electron chi connectivity index (χ0n) is 12.5. The average molecular weight is 320 g/mol. The molecule has 116 valence electrons. The summed E-state index contributed by atoms with van der Waals surface area (Å²) in [5.41, 5.74) is 1.11. The Balaban J connectivity index is 2.99. The van der Waals surface area contributed by atoms with E-state index in [1.807, 2.05) is 20.1 Å². The molecule has 0 radical (unpaired) electrons. The van der Waals surface area contributed by atoms with E-state index in [-0.39, 0.29) is 10.9 Å². The molecule has 1 atom stereocenters. The summed E-state index contributed by atoms with van der Waals surface area (Å²) in [4.78, 5) is 0.276. The molecule has 1 aromatic heterocycles. The number of nitrogens with one attached hydrogen (secondary N) is 3. The predicted molar refractivity (Wildman–Crippen MR) is 83.5 cm³/mol. The van der Waals surface area contributed by atoms with Gasteiger partial charge in [0.25, 0.3) is 0 Å². The molecular weight excluding hydrogens is 296 g/mol. The molecule has 1 heterocycles. The Bertz CT molecular complexity index is 514. The van der Waals surface area contributed by atoms with Gasteiger partial charge in [-0.1, -0.05) is 13.8 Å². The van der Waals surface area contributed by atoms with Crippen molar-refractivity contribution in [2.45, 2.75) is 44.7 Å². The van der Waals surface area contributed by atoms with Crippen molar-refractivity contribution in [2.24, 2.45) is 0 Å². The summed E-state index contributed by atoms with van der Waals surface area (Å²) < 4.78 is 27.8. The van der Waals surface area contributed by atoms with Crippen molar-refractivity contribution >= 4 is 21.8 Å². The quantitative estimate of drug-likeness (QED) is 0.637. The highest BCUT2D eigenvalue weighted by Gasteiger charge is 2.26. The summed E-state index contributed by atoms with van der Waals surface area (Å²) in [5, 5.41) is 9.95. The molecule has 6 nitrogen and oxygen atoms in total. The Hall–Kier alpha value is -0.570. The molecule has 0 aliphatic heterocycles. The number of aryl methyl sites for hydroxylation is 1. The van der Waals surface area contributed by atoms with E-state index in [0.717, 1.165) is 18.7 Å². The highest BCUT2D eigenvalue weighted by molar-refractivity contribution is 7.98. The second-order valence-electron chi connectivity index (χ2n) is 4.59. The molecule has 0 aromatic carbocycles. The summed E-state index contributed by atoms with van der Waals surface area (Å²) in [5.74, 6) is 0.759. The minimum Gasteiger partial charge on any atom is -0.311 e. The molecule has 20 heavy (non-hydrogen) atoms. The van der Waals surface area contributed by atoms with Crippen molar-refractivity contribution in [1.82, 2.24) is 20.2 Å². The molecule has 0 fully saturated rings. The molecule has 0 saturated heterocycles. The van der Waals surface area contributed by atoms with Crippen LogP contribution in [0, 0.1) is 6.92 Å². The third kappa shape index (κ3) is 4.47. The van der Waals surface area contributed by atoms with Crippen molar-refractivity contribution in [3.63, 3.8) is 0 Å². The van der Waals surface area contributed by atoms with Gasteiger partial charge in [0.2, 0.25) is 10.0 Å². The van der Waals surface area contributed by atoms with Crippen molar-refractivity contribution in [3.05, 3.63) is 11.4 Å². The monoisotopic (exact) mass is 320 g/mol. The Morgan fingerprint density at radius 2 is 2.10 bits per heavy atom. The largest absolute Gasteiger partial charge is 0.311 e. The highest BCUT2D eigenvalue weighted by Crippen LogP contribution is 2.18. The lowest BCUT2D eigenvalue weighted by atomic mass is 10.3. The van der Waals surface area contributed by atoms with E-state index < -0.39 is 10.0 Å². The van der Waals surface area contributed by atoms with E-state index in [1.165, 1.54) is 0 Å². The molecule has 1 unspecified atom stereocenters. The number of hydrogen-bond acceptors (Lipinski definition) is 5. The second kappa shape index (κ2) is 8.02. The Morgan fingerprint density at radius 1 is 1.40 bits per heavy atom. The van der Waals surface area contributed by atoms with E-state index >= 15 is 0 Å². The smallest absolute Gasteiger partial charge is 0.244 e. The Kier molecular flexibility index (Phi) is 7.01. The summed E-state index contributed by atoms with van der Waals surface area (Å²) in [6, 6.07) is -0.0590. The number of thioether (sulfide) groups is 1. The topological polar surface area (TPSA) is 86.9 Å². The number of hydrogen-bond donors (Lipinski definition) is 3. The lowest BCUT2D eigenvalue weighted by Gasteiger charge is -2.16. The third-order valence-electron chi connectivity index (χ3n) is 2.95. The van der Waals surface area contributed by atoms with Crippen LogP contribution in [0.25, 0.3) is 0 Å². The van der Waals surface area contributed by atoms with Crippen LogP contribution in [-0.2, 0) is 16.6 Å². The van der Waals surface area contributed by atoms with E-state index in [1.54, 1.807) is 18.7 Å². The van der Waals surface area contributed by atoms with E-state index in [0.29, 0.717) is 17.9 Å². The van der Waals surface area contributed by atoms with Gasteiger partial charge in [0.05, 0.1) is 11.4 Å². The first-order valence-electron chi connectivity index (χ1n) is 6.72. The molecule has 0 amide bonds. The maximum absolute atomic E-state index is 12.5. The fourth-order valence-electron chi connectivity index (χ4n) is 1.90. The number of sulfonamides is 1. The van der Waals surface area contributed by atoms with Gasteiger partial charge in [-0.25, -0.2) is 13.1 Å². The SMILES string of the molecule is CCNCc1n[nH]c(C)c1S(=O)(=O)NC(CC)CSC. The van der Waals surface area contributed by atoms with Gasteiger partial charge >= 0.3 is 0 Å². The van der Waals surface area contributed by atoms with Gasteiger partial charge in [-0.15, -0.1) is 0 Å². The zero-order valence-corrected chi connectivity index (χ0v) is 14.1. The van der Waals surface area contributed by atoms with Gasteiger partial charge in [-0.05, 0) is 26.1 Å². The van der Waals surface area contributed by atoms with Crippen LogP contribution in [0.5, 0.6) is 0 Å². The van der Waals surface area contributed by atoms with Crippen LogP contribution < -0.4 is 10.0 Å². The van der Waals surface area contributed by atoms with Gasteiger partial charge in [0.15, 0.2) is 0 Å². The third-order valence-corrected chi connectivity index (χ3v) is 5.41. The molecule has 0 aliphatic carbocycles. The molecule has 0 bridgehead atoms. The fourth-order valence-corrected chi connectivity index (χ4v) is 4.41. The highest BCUT2D eigenvalue weighted by atomic mass is 32.2. The van der Waals surface area contributed by atoms with Crippen molar-refractivity contribution in [2.75, 3.05) is 18.6 Å². The minimum atomic E-state index is -3.54. The lowest BCUT2D eigenvalue weighted by Crippen LogP contribution is -2.36. The summed E-state index contributed by atoms with van der Waals surface area (Å²) >= 11 is 1.63. The summed E-state index contributed by atoms with van der Waals surface area (Å²) in [7, 11) is -3.54. The fraction of sp³-hybridized carbons (Fsp3) is 0.750. The Morgan fingerprint density at radius 3 is 2.65 bits per heavy atom. The molecule has 0 spiro atoms. The molecule has 1 aromatic rings. The molecule has 3 N–H and O–H groups in total. The first kappa shape index (κ1) is 17.5. The number of aromatic amines is 1. The molecule has 8 heteroatoms. The van der Waals surface area contributed by atoms with Gasteiger partial charge in [0, 0.05) is 18.3 Å². The summed E-state index contributed by atoms with van der Waals surface area (Å²) in [6.45, 7) is 6.88. The van der Waals surface area contributed by atoms with E-state index in [9.17, 15) is 8.42 Å². The van der Waals surface area contributed by atoms with Crippen LogP contribution in [0.2, 0.25) is 0 Å². The number of H-pyrrole nitrogens is 1. The van der Waals surface area contributed by atoms with E-state index in [2.05, 4.69) is 20.2 Å². The normalized spacial score (nSPS) is 13.6. The first-order valence-corrected chi connectivity index (χ1v) is 9.59. The molecular formula is C12H24N4O2S2. The van der Waals surface area contributed by atoms with Crippen LogP contribution in [0.4, 0.5) is 0 Å².